The van der Waals surface area contributed by atoms with Gasteiger partial charge in [-0.05, 0) is 30.6 Å². The Bertz CT molecular complexity index is 108. The monoisotopic (exact) mass is 171 g/mol. The lowest BCUT2D eigenvalue weighted by molar-refractivity contribution is 0.318. The van der Waals surface area contributed by atoms with Crippen LogP contribution in [0.25, 0.3) is 0 Å². The molecule has 0 saturated carbocycles. The van der Waals surface area contributed by atoms with Gasteiger partial charge in [0, 0.05) is 6.04 Å². The second-order valence-corrected chi connectivity index (χ2v) is 4.74. The van der Waals surface area contributed by atoms with E-state index in [2.05, 4.69) is 34.6 Å². The molecule has 0 spiro atoms. The van der Waals surface area contributed by atoms with Gasteiger partial charge in [0.05, 0.1) is 0 Å². The lowest BCUT2D eigenvalue weighted by atomic mass is 9.87. The zero-order valence-electron chi connectivity index (χ0n) is 9.30. The molecule has 2 N–H and O–H groups in total. The largest absolute Gasteiger partial charge is 0.327 e. The minimum absolute atomic E-state index is 0.396. The van der Waals surface area contributed by atoms with E-state index in [0.717, 1.165) is 5.92 Å². The Morgan fingerprint density at radius 3 is 1.75 bits per heavy atom. The fraction of sp³-hybridized carbons (Fsp3) is 1.00. The van der Waals surface area contributed by atoms with Crippen molar-refractivity contribution in [3.05, 3.63) is 0 Å². The molecule has 0 rings (SSSR count). The summed E-state index contributed by atoms with van der Waals surface area (Å²) in [6.45, 7) is 11.3. The summed E-state index contributed by atoms with van der Waals surface area (Å²) in [7, 11) is 0. The lowest BCUT2D eigenvalue weighted by Crippen LogP contribution is -2.31. The molecule has 1 nitrogen and oxygen atoms in total. The molecule has 74 valence electrons. The van der Waals surface area contributed by atoms with Gasteiger partial charge in [0.2, 0.25) is 0 Å². The third-order valence-electron chi connectivity index (χ3n) is 2.80. The minimum atomic E-state index is 0.396. The summed E-state index contributed by atoms with van der Waals surface area (Å²) in [5.41, 5.74) is 6.07. The van der Waals surface area contributed by atoms with E-state index >= 15 is 0 Å². The van der Waals surface area contributed by atoms with Gasteiger partial charge in [-0.25, -0.2) is 0 Å². The summed E-state index contributed by atoms with van der Waals surface area (Å²) in [5, 5.41) is 0. The standard InChI is InChI=1S/C11H25N/c1-8(2)6-7-11(12)10(5)9(3)4/h8-11H,6-7,12H2,1-5H3. The van der Waals surface area contributed by atoms with Gasteiger partial charge >= 0.3 is 0 Å². The zero-order valence-corrected chi connectivity index (χ0v) is 9.30. The maximum Gasteiger partial charge on any atom is 0.00670 e. The van der Waals surface area contributed by atoms with Crippen LogP contribution in [0.1, 0.15) is 47.5 Å². The maximum atomic E-state index is 6.07. The Balaban J connectivity index is 3.64. The van der Waals surface area contributed by atoms with E-state index in [1.54, 1.807) is 0 Å². The van der Waals surface area contributed by atoms with Crippen LogP contribution in [0.4, 0.5) is 0 Å². The molecule has 1 heteroatoms. The van der Waals surface area contributed by atoms with E-state index in [1.807, 2.05) is 0 Å². The molecule has 0 aliphatic rings. The van der Waals surface area contributed by atoms with Gasteiger partial charge in [0.25, 0.3) is 0 Å². The molecule has 0 aromatic carbocycles. The van der Waals surface area contributed by atoms with E-state index < -0.39 is 0 Å². The number of nitrogens with two attached hydrogens (primary N) is 1. The molecule has 0 amide bonds. The summed E-state index contributed by atoms with van der Waals surface area (Å²) < 4.78 is 0. The number of hydrogen-bond acceptors (Lipinski definition) is 1. The van der Waals surface area contributed by atoms with Crippen molar-refractivity contribution in [2.24, 2.45) is 23.5 Å². The third-order valence-corrected chi connectivity index (χ3v) is 2.80. The molecule has 2 atom stereocenters. The van der Waals surface area contributed by atoms with Gasteiger partial charge in [0.15, 0.2) is 0 Å². The number of rotatable bonds is 5. The first-order valence-electron chi connectivity index (χ1n) is 5.20. The Kier molecular flexibility index (Phi) is 5.56. The van der Waals surface area contributed by atoms with E-state index in [-0.39, 0.29) is 0 Å². The van der Waals surface area contributed by atoms with Crippen LogP contribution in [0.3, 0.4) is 0 Å². The second-order valence-electron chi connectivity index (χ2n) is 4.74. The van der Waals surface area contributed by atoms with Crippen LogP contribution in [0.15, 0.2) is 0 Å². The van der Waals surface area contributed by atoms with Crippen molar-refractivity contribution < 1.29 is 0 Å². The quantitative estimate of drug-likeness (QED) is 0.676. The molecule has 12 heavy (non-hydrogen) atoms. The van der Waals surface area contributed by atoms with Gasteiger partial charge in [-0.1, -0.05) is 34.6 Å². The maximum absolute atomic E-state index is 6.07. The van der Waals surface area contributed by atoms with Crippen molar-refractivity contribution in [1.29, 1.82) is 0 Å². The normalized spacial score (nSPS) is 17.0. The molecule has 0 aromatic rings. The SMILES string of the molecule is CC(C)CCC(N)C(C)C(C)C. The van der Waals surface area contributed by atoms with Crippen molar-refractivity contribution in [1.82, 2.24) is 0 Å². The summed E-state index contributed by atoms with van der Waals surface area (Å²) in [5.74, 6) is 2.16. The zero-order chi connectivity index (χ0) is 9.72. The Morgan fingerprint density at radius 2 is 1.42 bits per heavy atom. The van der Waals surface area contributed by atoms with Gasteiger partial charge in [0.1, 0.15) is 0 Å². The van der Waals surface area contributed by atoms with Crippen molar-refractivity contribution >= 4 is 0 Å². The van der Waals surface area contributed by atoms with E-state index in [0.29, 0.717) is 17.9 Å². The van der Waals surface area contributed by atoms with Crippen molar-refractivity contribution in [2.75, 3.05) is 0 Å². The first-order chi connectivity index (χ1) is 5.45. The van der Waals surface area contributed by atoms with E-state index in [9.17, 15) is 0 Å². The van der Waals surface area contributed by atoms with Crippen LogP contribution in [0.5, 0.6) is 0 Å². The highest BCUT2D eigenvalue weighted by atomic mass is 14.6. The molecule has 0 radical (unpaired) electrons. The Labute approximate surface area is 77.7 Å². The van der Waals surface area contributed by atoms with Gasteiger partial charge in [-0.3, -0.25) is 0 Å². The van der Waals surface area contributed by atoms with Crippen LogP contribution < -0.4 is 5.73 Å². The average molecular weight is 171 g/mol. The molecular formula is C11H25N. The summed E-state index contributed by atoms with van der Waals surface area (Å²) in [6.07, 6.45) is 2.44. The van der Waals surface area contributed by atoms with Crippen LogP contribution >= 0.6 is 0 Å². The first kappa shape index (κ1) is 12.0. The highest BCUT2D eigenvalue weighted by Gasteiger charge is 2.15. The van der Waals surface area contributed by atoms with Crippen molar-refractivity contribution in [3.63, 3.8) is 0 Å². The minimum Gasteiger partial charge on any atom is -0.327 e. The van der Waals surface area contributed by atoms with E-state index in [1.165, 1.54) is 12.8 Å². The summed E-state index contributed by atoms with van der Waals surface area (Å²) in [6, 6.07) is 0.396. The Morgan fingerprint density at radius 1 is 0.917 bits per heavy atom. The first-order valence-corrected chi connectivity index (χ1v) is 5.20. The van der Waals surface area contributed by atoms with Gasteiger partial charge in [-0.2, -0.15) is 0 Å². The predicted molar refractivity (Wildman–Crippen MR) is 56.0 cm³/mol. The smallest absolute Gasteiger partial charge is 0.00670 e. The van der Waals surface area contributed by atoms with Crippen LogP contribution in [-0.4, -0.2) is 6.04 Å². The molecule has 2 unspecified atom stereocenters. The molecular weight excluding hydrogens is 146 g/mol. The lowest BCUT2D eigenvalue weighted by Gasteiger charge is -2.23. The van der Waals surface area contributed by atoms with Gasteiger partial charge in [-0.15, -0.1) is 0 Å². The molecule has 0 bridgehead atoms. The molecule has 0 aliphatic carbocycles. The second kappa shape index (κ2) is 5.58. The fourth-order valence-electron chi connectivity index (χ4n) is 1.28. The van der Waals surface area contributed by atoms with Crippen LogP contribution in [0.2, 0.25) is 0 Å². The Hall–Kier alpha value is -0.0400. The topological polar surface area (TPSA) is 26.0 Å². The highest BCUT2D eigenvalue weighted by molar-refractivity contribution is 4.72. The van der Waals surface area contributed by atoms with Gasteiger partial charge < -0.3 is 5.73 Å². The van der Waals surface area contributed by atoms with Crippen molar-refractivity contribution in [2.45, 2.75) is 53.5 Å². The van der Waals surface area contributed by atoms with Crippen molar-refractivity contribution in [3.8, 4) is 0 Å². The highest BCUT2D eigenvalue weighted by Crippen LogP contribution is 2.18. The van der Waals surface area contributed by atoms with Crippen LogP contribution in [-0.2, 0) is 0 Å². The average Bonchev–Trinajstić information content (AvgIpc) is 1.98. The summed E-state index contributed by atoms with van der Waals surface area (Å²) >= 11 is 0. The predicted octanol–water partition coefficient (Wildman–Crippen LogP) is 3.04. The van der Waals surface area contributed by atoms with Crippen LogP contribution in [0, 0.1) is 17.8 Å². The fourth-order valence-corrected chi connectivity index (χ4v) is 1.28. The molecule has 0 aromatic heterocycles. The molecule has 0 heterocycles. The van der Waals surface area contributed by atoms with E-state index in [4.69, 9.17) is 5.73 Å². The number of hydrogen-bond donors (Lipinski definition) is 1. The molecule has 0 fully saturated rings. The third kappa shape index (κ3) is 4.76. The summed E-state index contributed by atoms with van der Waals surface area (Å²) in [4.78, 5) is 0. The molecule has 0 aliphatic heterocycles. The molecule has 0 saturated heterocycles.